The second kappa shape index (κ2) is 10.8. The van der Waals surface area contributed by atoms with Crippen LogP contribution in [0.25, 0.3) is 11.3 Å². The van der Waals surface area contributed by atoms with Crippen molar-refractivity contribution in [2.24, 2.45) is 0 Å². The van der Waals surface area contributed by atoms with Gasteiger partial charge in [-0.25, -0.2) is 19.3 Å². The number of nitrogens with one attached hydrogen (secondary N) is 1. The Morgan fingerprint density at radius 2 is 1.91 bits per heavy atom. The zero-order valence-electron chi connectivity index (χ0n) is 19.8. The molecule has 0 amide bonds. The minimum absolute atomic E-state index is 0.188. The van der Waals surface area contributed by atoms with E-state index in [4.69, 9.17) is 9.47 Å². The zero-order chi connectivity index (χ0) is 24.0. The lowest BCUT2D eigenvalue weighted by Gasteiger charge is -2.35. The predicted octanol–water partition coefficient (Wildman–Crippen LogP) is 4.03. The summed E-state index contributed by atoms with van der Waals surface area (Å²) in [5.41, 5.74) is 3.83. The Bertz CT molecular complexity index is 1200. The first-order valence-electron chi connectivity index (χ1n) is 11.8. The Kier molecular flexibility index (Phi) is 7.15. The van der Waals surface area contributed by atoms with Gasteiger partial charge >= 0.3 is 0 Å². The highest BCUT2D eigenvalue weighted by Crippen LogP contribution is 2.29. The fourth-order valence-electron chi connectivity index (χ4n) is 4.18. The molecule has 3 aromatic rings. The molecule has 0 spiro atoms. The Balaban J connectivity index is 1.48. The summed E-state index contributed by atoms with van der Waals surface area (Å²) in [6.45, 7) is 5.42. The first-order valence-corrected chi connectivity index (χ1v) is 11.8. The SMILES string of the molecule is CN1CCN(c2ccc3cc2COC/C=C/CCOc2cc(ccn2)-c2nc(ncc2F)N3)CC1. The van der Waals surface area contributed by atoms with E-state index >= 15 is 0 Å². The molecule has 1 fully saturated rings. The van der Waals surface area contributed by atoms with Crippen LogP contribution >= 0.6 is 0 Å². The maximum absolute atomic E-state index is 14.6. The van der Waals surface area contributed by atoms with Gasteiger partial charge in [0.15, 0.2) is 5.82 Å². The summed E-state index contributed by atoms with van der Waals surface area (Å²) in [6.07, 6.45) is 7.51. The van der Waals surface area contributed by atoms with Gasteiger partial charge in [-0.1, -0.05) is 12.2 Å². The van der Waals surface area contributed by atoms with Gasteiger partial charge in [-0.15, -0.1) is 0 Å². The van der Waals surface area contributed by atoms with Crippen molar-refractivity contribution >= 4 is 17.3 Å². The largest absolute Gasteiger partial charge is 0.477 e. The van der Waals surface area contributed by atoms with E-state index in [1.807, 2.05) is 18.2 Å². The van der Waals surface area contributed by atoms with E-state index < -0.39 is 5.82 Å². The van der Waals surface area contributed by atoms with Gasteiger partial charge in [-0.3, -0.25) is 0 Å². The third-order valence-corrected chi connectivity index (χ3v) is 6.10. The topological polar surface area (TPSA) is 75.6 Å². The van der Waals surface area contributed by atoms with Gasteiger partial charge in [-0.05, 0) is 37.7 Å². The number of pyridine rings is 1. The van der Waals surface area contributed by atoms with E-state index in [0.29, 0.717) is 43.6 Å². The number of hydrogen-bond acceptors (Lipinski definition) is 8. The number of likely N-dealkylation sites (N-methyl/N-ethyl adjacent to an activating group) is 1. The van der Waals surface area contributed by atoms with Crippen LogP contribution in [0, 0.1) is 5.82 Å². The molecule has 0 radical (unpaired) electrons. The van der Waals surface area contributed by atoms with Crippen molar-refractivity contribution < 1.29 is 13.9 Å². The lowest BCUT2D eigenvalue weighted by atomic mass is 10.1. The number of anilines is 3. The van der Waals surface area contributed by atoms with Gasteiger partial charge in [0.1, 0.15) is 5.69 Å². The molecule has 1 saturated heterocycles. The molecule has 0 atom stereocenters. The average Bonchev–Trinajstić information content (AvgIpc) is 2.87. The minimum atomic E-state index is -0.510. The summed E-state index contributed by atoms with van der Waals surface area (Å²) in [5, 5.41) is 3.23. The van der Waals surface area contributed by atoms with E-state index in [-0.39, 0.29) is 5.69 Å². The number of ether oxygens (including phenoxy) is 2. The zero-order valence-corrected chi connectivity index (χ0v) is 19.8. The molecule has 2 aliphatic heterocycles. The molecule has 0 unspecified atom stereocenters. The highest BCUT2D eigenvalue weighted by molar-refractivity contribution is 5.66. The number of piperazine rings is 1. The third kappa shape index (κ3) is 5.75. The molecule has 5 rings (SSSR count). The molecule has 35 heavy (non-hydrogen) atoms. The second-order valence-corrected chi connectivity index (χ2v) is 8.66. The van der Waals surface area contributed by atoms with Crippen molar-refractivity contribution in [3.8, 4) is 17.1 Å². The molecule has 2 aromatic heterocycles. The second-order valence-electron chi connectivity index (χ2n) is 8.66. The standard InChI is InChI=1S/C26H29FN6O2/c1-32-9-11-33(12-10-32)23-6-5-21-15-20(23)18-34-13-3-2-4-14-35-24-16-19(7-8-28-24)25-22(27)17-29-26(30-21)31-25/h2-3,5-8,15-17H,4,9-14,18H2,1H3,(H,29,30,31)/b3-2+. The summed E-state index contributed by atoms with van der Waals surface area (Å²) in [7, 11) is 2.15. The Labute approximate surface area is 204 Å². The van der Waals surface area contributed by atoms with Crippen molar-refractivity contribution in [3.63, 3.8) is 0 Å². The van der Waals surface area contributed by atoms with Crippen LogP contribution in [0.15, 0.2) is 54.9 Å². The fourth-order valence-corrected chi connectivity index (χ4v) is 4.18. The molecule has 6 bridgehead atoms. The highest BCUT2D eigenvalue weighted by atomic mass is 19.1. The van der Waals surface area contributed by atoms with Crippen LogP contribution in [0.4, 0.5) is 21.7 Å². The van der Waals surface area contributed by atoms with Crippen LogP contribution in [0.1, 0.15) is 12.0 Å². The summed E-state index contributed by atoms with van der Waals surface area (Å²) in [4.78, 5) is 17.5. The molecule has 9 heteroatoms. The molecular formula is C26H29FN6O2. The van der Waals surface area contributed by atoms with Crippen LogP contribution in [-0.4, -0.2) is 66.3 Å². The maximum atomic E-state index is 14.6. The van der Waals surface area contributed by atoms with Gasteiger partial charge in [-0.2, -0.15) is 0 Å². The Morgan fingerprint density at radius 3 is 2.80 bits per heavy atom. The van der Waals surface area contributed by atoms with Crippen molar-refractivity contribution in [3.05, 3.63) is 66.3 Å². The van der Waals surface area contributed by atoms with Crippen LogP contribution < -0.4 is 15.0 Å². The number of nitrogens with zero attached hydrogens (tertiary/aromatic N) is 5. The minimum Gasteiger partial charge on any atom is -0.477 e. The molecule has 1 aromatic carbocycles. The summed E-state index contributed by atoms with van der Waals surface area (Å²) < 4.78 is 26.4. The summed E-state index contributed by atoms with van der Waals surface area (Å²) >= 11 is 0. The van der Waals surface area contributed by atoms with E-state index in [1.54, 1.807) is 18.3 Å². The van der Waals surface area contributed by atoms with E-state index in [9.17, 15) is 4.39 Å². The van der Waals surface area contributed by atoms with Crippen molar-refractivity contribution in [1.82, 2.24) is 19.9 Å². The molecular weight excluding hydrogens is 447 g/mol. The molecule has 2 aliphatic rings. The van der Waals surface area contributed by atoms with Crippen molar-refractivity contribution in [2.75, 3.05) is 56.7 Å². The molecule has 4 heterocycles. The van der Waals surface area contributed by atoms with Crippen LogP contribution in [-0.2, 0) is 11.3 Å². The van der Waals surface area contributed by atoms with Gasteiger partial charge in [0.05, 0.1) is 26.0 Å². The molecule has 182 valence electrons. The highest BCUT2D eigenvalue weighted by Gasteiger charge is 2.18. The number of benzene rings is 1. The third-order valence-electron chi connectivity index (χ3n) is 6.10. The number of rotatable bonds is 1. The van der Waals surface area contributed by atoms with Gasteiger partial charge in [0.25, 0.3) is 0 Å². The normalized spacial score (nSPS) is 18.1. The van der Waals surface area contributed by atoms with Crippen molar-refractivity contribution in [2.45, 2.75) is 13.0 Å². The first kappa shape index (κ1) is 23.2. The molecule has 1 N–H and O–H groups in total. The van der Waals surface area contributed by atoms with Crippen LogP contribution in [0.2, 0.25) is 0 Å². The molecule has 0 aliphatic carbocycles. The maximum Gasteiger partial charge on any atom is 0.227 e. The van der Waals surface area contributed by atoms with E-state index in [0.717, 1.165) is 37.4 Å². The number of hydrogen-bond donors (Lipinski definition) is 1. The van der Waals surface area contributed by atoms with Gasteiger partial charge < -0.3 is 24.6 Å². The van der Waals surface area contributed by atoms with Crippen molar-refractivity contribution in [1.29, 1.82) is 0 Å². The monoisotopic (exact) mass is 476 g/mol. The summed E-state index contributed by atoms with van der Waals surface area (Å²) in [5.74, 6) is 0.221. The Morgan fingerprint density at radius 1 is 1.03 bits per heavy atom. The molecule has 0 saturated carbocycles. The predicted molar refractivity (Wildman–Crippen MR) is 134 cm³/mol. The fraction of sp³-hybridized carbons (Fsp3) is 0.346. The molecule has 8 nitrogen and oxygen atoms in total. The van der Waals surface area contributed by atoms with Gasteiger partial charge in [0, 0.05) is 60.9 Å². The lowest BCUT2D eigenvalue weighted by Crippen LogP contribution is -2.44. The summed E-state index contributed by atoms with van der Waals surface area (Å²) in [6, 6.07) is 9.57. The van der Waals surface area contributed by atoms with Gasteiger partial charge in [0.2, 0.25) is 11.8 Å². The van der Waals surface area contributed by atoms with Crippen LogP contribution in [0.3, 0.4) is 0 Å². The Hall–Kier alpha value is -3.56. The average molecular weight is 477 g/mol. The number of fused-ring (bicyclic) bond motifs is 7. The lowest BCUT2D eigenvalue weighted by molar-refractivity contribution is 0.148. The number of aromatic nitrogens is 3. The first-order chi connectivity index (χ1) is 17.2. The number of halogens is 1. The smallest absolute Gasteiger partial charge is 0.227 e. The van der Waals surface area contributed by atoms with Crippen LogP contribution in [0.5, 0.6) is 5.88 Å². The van der Waals surface area contributed by atoms with E-state index in [1.165, 1.54) is 11.9 Å². The quantitative estimate of drug-likeness (QED) is 0.528. The van der Waals surface area contributed by atoms with E-state index in [2.05, 4.69) is 49.2 Å².